The average Bonchev–Trinajstić information content (AvgIpc) is 2.61. The number of nitrogens with one attached hydrogen (secondary N) is 1. The van der Waals surface area contributed by atoms with Gasteiger partial charge in [-0.25, -0.2) is 0 Å². The van der Waals surface area contributed by atoms with E-state index in [1.54, 1.807) is 11.3 Å². The maximum atomic E-state index is 11.5. The Morgan fingerprint density at radius 2 is 2.40 bits per heavy atom. The molecule has 1 atom stereocenters. The van der Waals surface area contributed by atoms with Crippen LogP contribution in [0.15, 0.2) is 15.9 Å². The molecule has 1 aromatic rings. The summed E-state index contributed by atoms with van der Waals surface area (Å²) >= 11 is 5.01. The van der Waals surface area contributed by atoms with Crippen molar-refractivity contribution in [3.8, 4) is 0 Å². The Morgan fingerprint density at radius 1 is 1.67 bits per heavy atom. The first kappa shape index (κ1) is 12.7. The van der Waals surface area contributed by atoms with E-state index in [-0.39, 0.29) is 11.8 Å². The standard InChI is InChI=1S/C10H15BrN2OS/c1-7(4-5-12)10(14)13-6-8-2-3-9(11)15-8/h2-3,7H,4-6,12H2,1H3,(H,13,14). The molecule has 0 spiro atoms. The third-order valence-electron chi connectivity index (χ3n) is 2.11. The van der Waals surface area contributed by atoms with E-state index < -0.39 is 0 Å². The van der Waals surface area contributed by atoms with Crippen molar-refractivity contribution in [2.24, 2.45) is 11.7 Å². The number of thiophene rings is 1. The van der Waals surface area contributed by atoms with Gasteiger partial charge in [0.1, 0.15) is 0 Å². The maximum Gasteiger partial charge on any atom is 0.223 e. The molecule has 1 aromatic heterocycles. The molecule has 0 aliphatic rings. The second-order valence-electron chi connectivity index (χ2n) is 3.40. The van der Waals surface area contributed by atoms with E-state index in [0.717, 1.165) is 15.1 Å². The van der Waals surface area contributed by atoms with Gasteiger partial charge in [0.15, 0.2) is 0 Å². The van der Waals surface area contributed by atoms with Gasteiger partial charge in [-0.3, -0.25) is 4.79 Å². The Labute approximate surface area is 102 Å². The number of nitrogens with two attached hydrogens (primary N) is 1. The van der Waals surface area contributed by atoms with Gasteiger partial charge in [0, 0.05) is 10.8 Å². The van der Waals surface area contributed by atoms with Crippen LogP contribution in [0.25, 0.3) is 0 Å². The molecule has 0 fully saturated rings. The minimum absolute atomic E-state index is 0.00148. The first-order chi connectivity index (χ1) is 7.13. The van der Waals surface area contributed by atoms with Crippen molar-refractivity contribution in [3.05, 3.63) is 20.8 Å². The number of rotatable bonds is 5. The predicted octanol–water partition coefficient (Wildman–Crippen LogP) is 2.11. The van der Waals surface area contributed by atoms with Gasteiger partial charge in [-0.05, 0) is 41.0 Å². The Kier molecular flexibility index (Phi) is 5.28. The molecular formula is C10H15BrN2OS. The molecule has 0 radical (unpaired) electrons. The number of amides is 1. The molecule has 3 nitrogen and oxygen atoms in total. The summed E-state index contributed by atoms with van der Waals surface area (Å²) in [6, 6.07) is 3.98. The molecular weight excluding hydrogens is 276 g/mol. The van der Waals surface area contributed by atoms with Crippen LogP contribution in [0.2, 0.25) is 0 Å². The third kappa shape index (κ3) is 4.32. The molecule has 84 valence electrons. The zero-order valence-electron chi connectivity index (χ0n) is 8.63. The highest BCUT2D eigenvalue weighted by Gasteiger charge is 2.11. The number of carbonyl (C=O) groups excluding carboxylic acids is 1. The van der Waals surface area contributed by atoms with Crippen molar-refractivity contribution in [2.45, 2.75) is 19.9 Å². The predicted molar refractivity (Wildman–Crippen MR) is 66.7 cm³/mol. The van der Waals surface area contributed by atoms with Crippen molar-refractivity contribution in [1.82, 2.24) is 5.32 Å². The van der Waals surface area contributed by atoms with Gasteiger partial charge in [-0.2, -0.15) is 0 Å². The van der Waals surface area contributed by atoms with Crippen molar-refractivity contribution >= 4 is 33.2 Å². The van der Waals surface area contributed by atoms with Crippen LogP contribution in [0.3, 0.4) is 0 Å². The fourth-order valence-corrected chi connectivity index (χ4v) is 2.60. The zero-order chi connectivity index (χ0) is 11.3. The molecule has 0 saturated carbocycles. The Bertz CT molecular complexity index is 327. The van der Waals surface area contributed by atoms with Crippen LogP contribution in [0.4, 0.5) is 0 Å². The summed E-state index contributed by atoms with van der Waals surface area (Å²) in [6.07, 6.45) is 0.736. The number of hydrogen-bond acceptors (Lipinski definition) is 3. The van der Waals surface area contributed by atoms with E-state index in [0.29, 0.717) is 13.1 Å². The SMILES string of the molecule is CC(CCN)C(=O)NCc1ccc(Br)s1. The highest BCUT2D eigenvalue weighted by molar-refractivity contribution is 9.11. The zero-order valence-corrected chi connectivity index (χ0v) is 11.0. The number of hydrogen-bond donors (Lipinski definition) is 2. The van der Waals surface area contributed by atoms with E-state index in [1.165, 1.54) is 0 Å². The van der Waals surface area contributed by atoms with E-state index in [4.69, 9.17) is 5.73 Å². The molecule has 15 heavy (non-hydrogen) atoms. The summed E-state index contributed by atoms with van der Waals surface area (Å²) in [5, 5.41) is 2.89. The van der Waals surface area contributed by atoms with E-state index in [1.807, 2.05) is 19.1 Å². The largest absolute Gasteiger partial charge is 0.351 e. The van der Waals surface area contributed by atoms with Crippen LogP contribution in [0, 0.1) is 5.92 Å². The molecule has 1 unspecified atom stereocenters. The fourth-order valence-electron chi connectivity index (χ4n) is 1.18. The van der Waals surface area contributed by atoms with Gasteiger partial charge >= 0.3 is 0 Å². The maximum absolute atomic E-state index is 11.5. The van der Waals surface area contributed by atoms with Gasteiger partial charge in [0.05, 0.1) is 10.3 Å². The van der Waals surface area contributed by atoms with Crippen molar-refractivity contribution in [3.63, 3.8) is 0 Å². The van der Waals surface area contributed by atoms with Gasteiger partial charge in [-0.15, -0.1) is 11.3 Å². The summed E-state index contributed by atoms with van der Waals surface area (Å²) < 4.78 is 1.08. The summed E-state index contributed by atoms with van der Waals surface area (Å²) in [4.78, 5) is 12.7. The van der Waals surface area contributed by atoms with Crippen LogP contribution in [0.5, 0.6) is 0 Å². The molecule has 0 aromatic carbocycles. The lowest BCUT2D eigenvalue weighted by Crippen LogP contribution is -2.29. The van der Waals surface area contributed by atoms with Gasteiger partial charge in [0.25, 0.3) is 0 Å². The van der Waals surface area contributed by atoms with Crippen LogP contribution in [-0.4, -0.2) is 12.5 Å². The lowest BCUT2D eigenvalue weighted by molar-refractivity contribution is -0.124. The lowest BCUT2D eigenvalue weighted by atomic mass is 10.1. The summed E-state index contributed by atoms with van der Waals surface area (Å²) in [6.45, 7) is 3.05. The Hall–Kier alpha value is -0.390. The monoisotopic (exact) mass is 290 g/mol. The molecule has 1 heterocycles. The second-order valence-corrected chi connectivity index (χ2v) is 5.95. The smallest absolute Gasteiger partial charge is 0.223 e. The second kappa shape index (κ2) is 6.25. The van der Waals surface area contributed by atoms with E-state index >= 15 is 0 Å². The Morgan fingerprint density at radius 3 is 2.93 bits per heavy atom. The Balaban J connectivity index is 2.34. The molecule has 0 saturated heterocycles. The van der Waals surface area contributed by atoms with E-state index in [2.05, 4.69) is 21.2 Å². The normalized spacial score (nSPS) is 12.5. The molecule has 0 bridgehead atoms. The van der Waals surface area contributed by atoms with Gasteiger partial charge in [-0.1, -0.05) is 6.92 Å². The summed E-state index contributed by atoms with van der Waals surface area (Å²) in [7, 11) is 0. The minimum atomic E-state index is -0.00148. The molecule has 1 rings (SSSR count). The first-order valence-electron chi connectivity index (χ1n) is 4.85. The molecule has 1 amide bonds. The summed E-state index contributed by atoms with van der Waals surface area (Å²) in [5.41, 5.74) is 5.39. The number of halogens is 1. The fraction of sp³-hybridized carbons (Fsp3) is 0.500. The molecule has 0 aliphatic heterocycles. The molecule has 5 heteroatoms. The van der Waals surface area contributed by atoms with Gasteiger partial charge in [0.2, 0.25) is 5.91 Å². The quantitative estimate of drug-likeness (QED) is 0.873. The molecule has 3 N–H and O–H groups in total. The first-order valence-corrected chi connectivity index (χ1v) is 6.46. The topological polar surface area (TPSA) is 55.1 Å². The molecule has 0 aliphatic carbocycles. The van der Waals surface area contributed by atoms with Crippen LogP contribution >= 0.6 is 27.3 Å². The van der Waals surface area contributed by atoms with Crippen molar-refractivity contribution in [1.29, 1.82) is 0 Å². The number of carbonyl (C=O) groups is 1. The van der Waals surface area contributed by atoms with E-state index in [9.17, 15) is 4.79 Å². The minimum Gasteiger partial charge on any atom is -0.351 e. The van der Waals surface area contributed by atoms with Crippen LogP contribution in [-0.2, 0) is 11.3 Å². The lowest BCUT2D eigenvalue weighted by Gasteiger charge is -2.09. The highest BCUT2D eigenvalue weighted by atomic mass is 79.9. The highest BCUT2D eigenvalue weighted by Crippen LogP contribution is 2.21. The third-order valence-corrected chi connectivity index (χ3v) is 3.74. The summed E-state index contributed by atoms with van der Waals surface area (Å²) in [5.74, 6) is 0.0726. The van der Waals surface area contributed by atoms with Gasteiger partial charge < -0.3 is 11.1 Å². The van der Waals surface area contributed by atoms with Crippen molar-refractivity contribution < 1.29 is 4.79 Å². The van der Waals surface area contributed by atoms with Crippen molar-refractivity contribution in [2.75, 3.05) is 6.54 Å². The van der Waals surface area contributed by atoms with Crippen LogP contribution < -0.4 is 11.1 Å². The average molecular weight is 291 g/mol. The van der Waals surface area contributed by atoms with Crippen LogP contribution in [0.1, 0.15) is 18.2 Å².